The molecule has 2 unspecified atom stereocenters. The SMILES string of the molecule is Cc1nnc(SC(C)C(=O)NCC(C)c2ccccc2)n1C1CCCCC1. The summed E-state index contributed by atoms with van der Waals surface area (Å²) in [6.07, 6.45) is 6.21. The minimum absolute atomic E-state index is 0.0543. The molecule has 2 aromatic rings. The topological polar surface area (TPSA) is 59.8 Å². The molecule has 1 aliphatic rings. The normalized spacial score (nSPS) is 17.4. The van der Waals surface area contributed by atoms with Gasteiger partial charge in [-0.2, -0.15) is 0 Å². The van der Waals surface area contributed by atoms with Gasteiger partial charge in [0.2, 0.25) is 5.91 Å². The number of rotatable bonds is 7. The van der Waals surface area contributed by atoms with E-state index in [4.69, 9.17) is 0 Å². The number of carbonyl (C=O) groups is 1. The summed E-state index contributed by atoms with van der Waals surface area (Å²) in [5.41, 5.74) is 1.24. The molecule has 1 aromatic carbocycles. The molecule has 146 valence electrons. The van der Waals surface area contributed by atoms with Crippen molar-refractivity contribution < 1.29 is 4.79 Å². The largest absolute Gasteiger partial charge is 0.355 e. The summed E-state index contributed by atoms with van der Waals surface area (Å²) in [4.78, 5) is 12.6. The summed E-state index contributed by atoms with van der Waals surface area (Å²) >= 11 is 1.52. The van der Waals surface area contributed by atoms with Crippen LogP contribution in [0, 0.1) is 6.92 Å². The van der Waals surface area contributed by atoms with Gasteiger partial charge in [-0.25, -0.2) is 0 Å². The standard InChI is InChI=1S/C21H30N4OS/c1-15(18-10-6-4-7-11-18)14-22-20(26)16(2)27-21-24-23-17(3)25(21)19-12-8-5-9-13-19/h4,6-7,10-11,15-16,19H,5,8-9,12-14H2,1-3H3,(H,22,26). The van der Waals surface area contributed by atoms with E-state index in [0.717, 1.165) is 11.0 Å². The highest BCUT2D eigenvalue weighted by Gasteiger charge is 2.24. The number of aromatic nitrogens is 3. The van der Waals surface area contributed by atoms with Gasteiger partial charge >= 0.3 is 0 Å². The Morgan fingerprint density at radius 2 is 1.89 bits per heavy atom. The van der Waals surface area contributed by atoms with Crippen molar-refractivity contribution in [2.24, 2.45) is 0 Å². The van der Waals surface area contributed by atoms with Crippen LogP contribution in [0.2, 0.25) is 0 Å². The third-order valence-electron chi connectivity index (χ3n) is 5.38. The maximum Gasteiger partial charge on any atom is 0.233 e. The van der Waals surface area contributed by atoms with Gasteiger partial charge in [-0.1, -0.05) is 68.3 Å². The molecule has 1 amide bonds. The minimum Gasteiger partial charge on any atom is -0.355 e. The molecule has 5 nitrogen and oxygen atoms in total. The maximum atomic E-state index is 12.6. The zero-order valence-corrected chi connectivity index (χ0v) is 17.3. The molecule has 2 atom stereocenters. The Labute approximate surface area is 166 Å². The van der Waals surface area contributed by atoms with Crippen LogP contribution in [0.15, 0.2) is 35.5 Å². The second-order valence-corrected chi connectivity index (χ2v) is 8.82. The minimum atomic E-state index is -0.195. The molecule has 1 aromatic heterocycles. The van der Waals surface area contributed by atoms with E-state index in [1.807, 2.05) is 32.0 Å². The lowest BCUT2D eigenvalue weighted by atomic mass is 9.95. The molecule has 1 fully saturated rings. The first-order valence-corrected chi connectivity index (χ1v) is 10.8. The Kier molecular flexibility index (Phi) is 6.94. The first kappa shape index (κ1) is 19.9. The number of nitrogens with one attached hydrogen (secondary N) is 1. The smallest absolute Gasteiger partial charge is 0.233 e. The first-order chi connectivity index (χ1) is 13.1. The molecule has 6 heteroatoms. The van der Waals surface area contributed by atoms with Gasteiger partial charge in [-0.05, 0) is 38.2 Å². The predicted octanol–water partition coefficient (Wildman–Crippen LogP) is 4.49. The molecule has 1 N–H and O–H groups in total. The van der Waals surface area contributed by atoms with Crippen LogP contribution in [0.25, 0.3) is 0 Å². The average molecular weight is 387 g/mol. The Morgan fingerprint density at radius 3 is 2.59 bits per heavy atom. The van der Waals surface area contributed by atoms with Crippen LogP contribution >= 0.6 is 11.8 Å². The Hall–Kier alpha value is -1.82. The molecular formula is C21H30N4OS. The number of amides is 1. The van der Waals surface area contributed by atoms with E-state index in [1.165, 1.54) is 49.4 Å². The van der Waals surface area contributed by atoms with E-state index in [0.29, 0.717) is 18.5 Å². The molecule has 3 rings (SSSR count). The van der Waals surface area contributed by atoms with Crippen molar-refractivity contribution in [3.05, 3.63) is 41.7 Å². The lowest BCUT2D eigenvalue weighted by molar-refractivity contribution is -0.120. The van der Waals surface area contributed by atoms with Crippen LogP contribution in [-0.2, 0) is 4.79 Å². The number of carbonyl (C=O) groups excluding carboxylic acids is 1. The van der Waals surface area contributed by atoms with Gasteiger partial charge < -0.3 is 9.88 Å². The number of hydrogen-bond acceptors (Lipinski definition) is 4. The number of nitrogens with zero attached hydrogens (tertiary/aromatic N) is 3. The summed E-state index contributed by atoms with van der Waals surface area (Å²) in [6, 6.07) is 10.8. The highest BCUT2D eigenvalue weighted by molar-refractivity contribution is 8.00. The molecular weight excluding hydrogens is 356 g/mol. The van der Waals surface area contributed by atoms with Gasteiger partial charge in [0.15, 0.2) is 5.16 Å². The molecule has 0 bridgehead atoms. The van der Waals surface area contributed by atoms with Crippen LogP contribution in [0.3, 0.4) is 0 Å². The average Bonchev–Trinajstić information content (AvgIpc) is 3.07. The highest BCUT2D eigenvalue weighted by Crippen LogP contribution is 2.33. The van der Waals surface area contributed by atoms with Crippen molar-refractivity contribution in [1.82, 2.24) is 20.1 Å². The van der Waals surface area contributed by atoms with Gasteiger partial charge in [0, 0.05) is 12.6 Å². The molecule has 0 saturated heterocycles. The Morgan fingerprint density at radius 1 is 1.19 bits per heavy atom. The van der Waals surface area contributed by atoms with Crippen molar-refractivity contribution in [2.45, 2.75) is 75.2 Å². The van der Waals surface area contributed by atoms with Gasteiger partial charge in [-0.3, -0.25) is 4.79 Å². The fourth-order valence-electron chi connectivity index (χ4n) is 3.70. The van der Waals surface area contributed by atoms with Gasteiger partial charge in [-0.15, -0.1) is 10.2 Å². The summed E-state index contributed by atoms with van der Waals surface area (Å²) in [6.45, 7) is 6.74. The second-order valence-electron chi connectivity index (χ2n) is 7.51. The van der Waals surface area contributed by atoms with Crippen molar-refractivity contribution in [3.8, 4) is 0 Å². The van der Waals surface area contributed by atoms with Crippen LogP contribution in [0.4, 0.5) is 0 Å². The Bertz CT molecular complexity index is 740. The molecule has 27 heavy (non-hydrogen) atoms. The van der Waals surface area contributed by atoms with Crippen LogP contribution in [0.1, 0.15) is 69.3 Å². The molecule has 1 heterocycles. The summed E-state index contributed by atoms with van der Waals surface area (Å²) in [5.74, 6) is 1.30. The van der Waals surface area contributed by atoms with Crippen LogP contribution < -0.4 is 5.32 Å². The van der Waals surface area contributed by atoms with Crippen LogP contribution in [0.5, 0.6) is 0 Å². The van der Waals surface area contributed by atoms with Crippen molar-refractivity contribution in [3.63, 3.8) is 0 Å². The van der Waals surface area contributed by atoms with Crippen LogP contribution in [-0.4, -0.2) is 32.5 Å². The molecule has 0 radical (unpaired) electrons. The Balaban J connectivity index is 1.57. The predicted molar refractivity (Wildman–Crippen MR) is 110 cm³/mol. The fourth-order valence-corrected chi connectivity index (χ4v) is 4.69. The van der Waals surface area contributed by atoms with E-state index in [1.54, 1.807) is 0 Å². The number of thioether (sulfide) groups is 1. The summed E-state index contributed by atoms with van der Waals surface area (Å²) in [7, 11) is 0. The van der Waals surface area contributed by atoms with Gasteiger partial charge in [0.25, 0.3) is 0 Å². The molecule has 1 aliphatic carbocycles. The van der Waals surface area contributed by atoms with Crippen molar-refractivity contribution in [2.75, 3.05) is 6.54 Å². The van der Waals surface area contributed by atoms with Crippen molar-refractivity contribution in [1.29, 1.82) is 0 Å². The van der Waals surface area contributed by atoms with E-state index in [9.17, 15) is 4.79 Å². The van der Waals surface area contributed by atoms with Gasteiger partial charge in [0.05, 0.1) is 5.25 Å². The van der Waals surface area contributed by atoms with E-state index >= 15 is 0 Å². The van der Waals surface area contributed by atoms with Gasteiger partial charge in [0.1, 0.15) is 5.82 Å². The fraction of sp³-hybridized carbons (Fsp3) is 0.571. The van der Waals surface area contributed by atoms with E-state index in [2.05, 4.69) is 39.1 Å². The second kappa shape index (κ2) is 9.40. The lowest BCUT2D eigenvalue weighted by Gasteiger charge is -2.25. The number of aryl methyl sites for hydroxylation is 1. The monoisotopic (exact) mass is 386 g/mol. The number of benzene rings is 1. The summed E-state index contributed by atoms with van der Waals surface area (Å²) in [5, 5.41) is 12.4. The first-order valence-electron chi connectivity index (χ1n) is 9.97. The third kappa shape index (κ3) is 5.12. The quantitative estimate of drug-likeness (QED) is 0.712. The van der Waals surface area contributed by atoms with E-state index in [-0.39, 0.29) is 11.2 Å². The summed E-state index contributed by atoms with van der Waals surface area (Å²) < 4.78 is 2.25. The zero-order valence-electron chi connectivity index (χ0n) is 16.5. The highest BCUT2D eigenvalue weighted by atomic mass is 32.2. The number of hydrogen-bond donors (Lipinski definition) is 1. The maximum absolute atomic E-state index is 12.6. The lowest BCUT2D eigenvalue weighted by Crippen LogP contribution is -2.33. The molecule has 0 aliphatic heterocycles. The third-order valence-corrected chi connectivity index (χ3v) is 6.43. The van der Waals surface area contributed by atoms with Crippen molar-refractivity contribution >= 4 is 17.7 Å². The zero-order chi connectivity index (χ0) is 19.2. The molecule has 1 saturated carbocycles. The molecule has 0 spiro atoms. The van der Waals surface area contributed by atoms with E-state index < -0.39 is 0 Å².